The smallest absolute Gasteiger partial charge is 0.343 e. The maximum Gasteiger partial charge on any atom is 0.343 e. The maximum absolute atomic E-state index is 12.6. The lowest BCUT2D eigenvalue weighted by Crippen LogP contribution is -2.10. The second-order valence-corrected chi connectivity index (χ2v) is 8.79. The van der Waals surface area contributed by atoms with E-state index < -0.39 is 5.97 Å². The predicted molar refractivity (Wildman–Crippen MR) is 126 cm³/mol. The van der Waals surface area contributed by atoms with Crippen LogP contribution in [-0.2, 0) is 4.74 Å². The lowest BCUT2D eigenvalue weighted by molar-refractivity contribution is 0.0527. The van der Waals surface area contributed by atoms with E-state index in [1.54, 1.807) is 22.9 Å². The Morgan fingerprint density at radius 1 is 1.19 bits per heavy atom. The molecule has 0 atom stereocenters. The van der Waals surface area contributed by atoms with E-state index >= 15 is 0 Å². The van der Waals surface area contributed by atoms with Gasteiger partial charge >= 0.3 is 5.97 Å². The van der Waals surface area contributed by atoms with Gasteiger partial charge in [-0.15, -0.1) is 21.5 Å². The van der Waals surface area contributed by atoms with Gasteiger partial charge in [-0.2, -0.15) is 9.78 Å². The van der Waals surface area contributed by atoms with Crippen molar-refractivity contribution in [2.45, 2.75) is 13.8 Å². The second kappa shape index (κ2) is 8.48. The van der Waals surface area contributed by atoms with E-state index in [1.165, 1.54) is 17.5 Å². The first kappa shape index (κ1) is 20.3. The first-order valence-electron chi connectivity index (χ1n) is 9.90. The average molecular weight is 463 g/mol. The van der Waals surface area contributed by atoms with Crippen LogP contribution in [0.25, 0.3) is 26.6 Å². The molecule has 0 aliphatic heterocycles. The highest BCUT2D eigenvalue weighted by Crippen LogP contribution is 2.33. The molecule has 160 valence electrons. The molecule has 32 heavy (non-hydrogen) atoms. The third kappa shape index (κ3) is 3.74. The Hall–Kier alpha value is -3.63. The number of fused-ring (bicyclic) bond motifs is 1. The van der Waals surface area contributed by atoms with Crippen LogP contribution in [0.3, 0.4) is 0 Å². The van der Waals surface area contributed by atoms with Gasteiger partial charge in [0.15, 0.2) is 16.6 Å². The zero-order valence-corrected chi connectivity index (χ0v) is 18.9. The minimum atomic E-state index is -0.471. The molecule has 0 spiro atoms. The number of thiophene rings is 1. The van der Waals surface area contributed by atoms with Crippen LogP contribution >= 0.6 is 22.7 Å². The fourth-order valence-corrected chi connectivity index (χ4v) is 4.85. The van der Waals surface area contributed by atoms with Crippen LogP contribution in [0.4, 0.5) is 10.9 Å². The first-order chi connectivity index (χ1) is 15.6. The molecule has 0 amide bonds. The first-order valence-corrected chi connectivity index (χ1v) is 11.6. The number of aromatic nitrogens is 5. The van der Waals surface area contributed by atoms with Crippen LogP contribution in [0, 0.1) is 6.92 Å². The average Bonchev–Trinajstić information content (AvgIpc) is 3.55. The number of carbonyl (C=O) groups is 1. The number of pyridine rings is 1. The fraction of sp³-hybridized carbons (Fsp3) is 0.136. The van der Waals surface area contributed by atoms with E-state index in [4.69, 9.17) is 9.72 Å². The lowest BCUT2D eigenvalue weighted by Gasteiger charge is -2.11. The van der Waals surface area contributed by atoms with Crippen molar-refractivity contribution in [1.82, 2.24) is 25.0 Å². The molecule has 0 saturated carbocycles. The molecule has 1 aromatic carbocycles. The Labute approximate surface area is 191 Å². The predicted octanol–water partition coefficient (Wildman–Crippen LogP) is 5.23. The van der Waals surface area contributed by atoms with Gasteiger partial charge in [-0.25, -0.2) is 9.78 Å². The molecule has 0 unspecified atom stereocenters. The maximum atomic E-state index is 12.6. The number of esters is 1. The number of nitrogens with one attached hydrogen (secondary N) is 1. The fourth-order valence-electron chi connectivity index (χ4n) is 3.32. The van der Waals surface area contributed by atoms with Crippen LogP contribution < -0.4 is 5.32 Å². The molecular formula is C22H18N6O2S2. The van der Waals surface area contributed by atoms with Crippen LogP contribution in [0.5, 0.6) is 0 Å². The summed E-state index contributed by atoms with van der Waals surface area (Å²) in [7, 11) is 0. The van der Waals surface area contributed by atoms with Crippen molar-refractivity contribution in [2.75, 3.05) is 11.9 Å². The topological polar surface area (TPSA) is 94.8 Å². The van der Waals surface area contributed by atoms with Crippen molar-refractivity contribution in [3.05, 3.63) is 65.2 Å². The highest BCUT2D eigenvalue weighted by atomic mass is 32.1. The van der Waals surface area contributed by atoms with E-state index in [0.717, 1.165) is 26.4 Å². The van der Waals surface area contributed by atoms with Gasteiger partial charge in [0.25, 0.3) is 0 Å². The van der Waals surface area contributed by atoms with Gasteiger partial charge in [-0.05, 0) is 43.0 Å². The Kier molecular flexibility index (Phi) is 5.38. The molecule has 0 saturated heterocycles. The second-order valence-electron chi connectivity index (χ2n) is 6.87. The summed E-state index contributed by atoms with van der Waals surface area (Å²) in [6.07, 6.45) is 1.48. The minimum absolute atomic E-state index is 0.262. The van der Waals surface area contributed by atoms with E-state index in [1.807, 2.05) is 54.8 Å². The Balaban J connectivity index is 1.59. The molecule has 0 aliphatic carbocycles. The highest BCUT2D eigenvalue weighted by Gasteiger charge is 2.22. The highest BCUT2D eigenvalue weighted by molar-refractivity contribution is 7.22. The summed E-state index contributed by atoms with van der Waals surface area (Å²) in [4.78, 5) is 18.4. The molecule has 0 aliphatic rings. The van der Waals surface area contributed by atoms with E-state index in [0.29, 0.717) is 22.3 Å². The van der Waals surface area contributed by atoms with Crippen molar-refractivity contribution < 1.29 is 9.53 Å². The van der Waals surface area contributed by atoms with Crippen LogP contribution in [0.15, 0.2) is 54.0 Å². The van der Waals surface area contributed by atoms with E-state index in [9.17, 15) is 4.79 Å². The van der Waals surface area contributed by atoms with Crippen molar-refractivity contribution in [2.24, 2.45) is 0 Å². The standard InChI is InChI=1S/C22H18N6O2S2/c1-3-30-21(29)15-12-23-28(18-11-13(2)14-7-4-5-8-16(14)24-18)19(15)25-22-27-26-20(32-22)17-9-6-10-31-17/h4-12H,3H2,1-2H3,(H,25,27). The number of benzene rings is 1. The number of para-hydroxylation sites is 1. The van der Waals surface area contributed by atoms with Crippen LogP contribution in [0.1, 0.15) is 22.8 Å². The zero-order chi connectivity index (χ0) is 22.1. The molecule has 4 aromatic heterocycles. The number of rotatable bonds is 6. The molecule has 0 fully saturated rings. The van der Waals surface area contributed by atoms with E-state index in [2.05, 4.69) is 20.6 Å². The molecule has 10 heteroatoms. The van der Waals surface area contributed by atoms with Crippen molar-refractivity contribution in [1.29, 1.82) is 0 Å². The number of aryl methyl sites for hydroxylation is 1. The quantitative estimate of drug-likeness (QED) is 0.345. The number of ether oxygens (including phenoxy) is 1. The summed E-state index contributed by atoms with van der Waals surface area (Å²) in [6, 6.07) is 13.8. The minimum Gasteiger partial charge on any atom is -0.462 e. The monoisotopic (exact) mass is 462 g/mol. The summed E-state index contributed by atoms with van der Waals surface area (Å²) in [5.41, 5.74) is 2.20. The molecule has 5 aromatic rings. The largest absolute Gasteiger partial charge is 0.462 e. The molecule has 1 N–H and O–H groups in total. The summed E-state index contributed by atoms with van der Waals surface area (Å²) in [5.74, 6) is 0.545. The van der Waals surface area contributed by atoms with Crippen molar-refractivity contribution in [3.63, 3.8) is 0 Å². The molecule has 0 radical (unpaired) electrons. The Morgan fingerprint density at radius 2 is 2.06 bits per heavy atom. The lowest BCUT2D eigenvalue weighted by atomic mass is 10.1. The molecule has 5 rings (SSSR count). The van der Waals surface area contributed by atoms with Gasteiger partial charge in [0.05, 0.1) is 23.2 Å². The Morgan fingerprint density at radius 3 is 2.88 bits per heavy atom. The number of anilines is 2. The third-order valence-electron chi connectivity index (χ3n) is 4.77. The van der Waals surface area contributed by atoms with Gasteiger partial charge in [-0.1, -0.05) is 35.6 Å². The summed E-state index contributed by atoms with van der Waals surface area (Å²) >= 11 is 2.99. The van der Waals surface area contributed by atoms with Crippen LogP contribution in [-0.4, -0.2) is 37.5 Å². The van der Waals surface area contributed by atoms with Gasteiger partial charge in [0, 0.05) is 5.39 Å². The molecule has 4 heterocycles. The number of hydrogen-bond donors (Lipinski definition) is 1. The number of hydrogen-bond acceptors (Lipinski definition) is 9. The summed E-state index contributed by atoms with van der Waals surface area (Å²) < 4.78 is 6.83. The zero-order valence-electron chi connectivity index (χ0n) is 17.3. The molecular weight excluding hydrogens is 444 g/mol. The normalized spacial score (nSPS) is 11.1. The Bertz CT molecular complexity index is 1410. The van der Waals surface area contributed by atoms with Gasteiger partial charge in [0.2, 0.25) is 5.13 Å². The molecule has 8 nitrogen and oxygen atoms in total. The van der Waals surface area contributed by atoms with Crippen molar-refractivity contribution in [3.8, 4) is 15.7 Å². The van der Waals surface area contributed by atoms with E-state index in [-0.39, 0.29) is 6.61 Å². The SMILES string of the molecule is CCOC(=O)c1cnn(-c2cc(C)c3ccccc3n2)c1Nc1nnc(-c2cccs2)s1. The van der Waals surface area contributed by atoms with Gasteiger partial charge in [-0.3, -0.25) is 0 Å². The summed E-state index contributed by atoms with van der Waals surface area (Å²) in [6.45, 7) is 4.05. The van der Waals surface area contributed by atoms with Crippen molar-refractivity contribution >= 4 is 50.5 Å². The number of carbonyl (C=O) groups excluding carboxylic acids is 1. The van der Waals surface area contributed by atoms with Crippen LogP contribution in [0.2, 0.25) is 0 Å². The van der Waals surface area contributed by atoms with Gasteiger partial charge in [0.1, 0.15) is 5.56 Å². The third-order valence-corrected chi connectivity index (χ3v) is 6.65. The molecule has 0 bridgehead atoms. The van der Waals surface area contributed by atoms with Gasteiger partial charge < -0.3 is 10.1 Å². The number of nitrogens with zero attached hydrogens (tertiary/aromatic N) is 5. The summed E-state index contributed by atoms with van der Waals surface area (Å²) in [5, 5.41) is 20.6.